The van der Waals surface area contributed by atoms with Crippen molar-refractivity contribution in [3.8, 4) is 34.6 Å². The van der Waals surface area contributed by atoms with E-state index in [2.05, 4.69) is 68.6 Å². The molecule has 10 rings (SSSR count). The Balaban J connectivity index is 1.40. The highest BCUT2D eigenvalue weighted by atomic mass is 16.3. The molecule has 0 atom stereocenters. The van der Waals surface area contributed by atoms with Crippen molar-refractivity contribution in [2.24, 2.45) is 0 Å². The van der Waals surface area contributed by atoms with Gasteiger partial charge in [-0.3, -0.25) is 0 Å². The van der Waals surface area contributed by atoms with Crippen molar-refractivity contribution in [1.29, 1.82) is 10.5 Å². The van der Waals surface area contributed by atoms with E-state index in [-0.39, 0.29) is 11.1 Å². The van der Waals surface area contributed by atoms with Crippen LogP contribution in [0, 0.1) is 29.2 Å². The Bertz CT molecular complexity index is 3190. The van der Waals surface area contributed by atoms with Gasteiger partial charge in [0.05, 0.1) is 51.1 Å². The molecule has 234 valence electrons. The molecule has 0 aliphatic heterocycles. The lowest BCUT2D eigenvalue weighted by Crippen LogP contribution is -2.05. The summed E-state index contributed by atoms with van der Waals surface area (Å²) < 4.78 is 10.6. The summed E-state index contributed by atoms with van der Waals surface area (Å²) in [4.78, 5) is 4.05. The number of benzene rings is 7. The monoisotopic (exact) mass is 649 g/mol. The average Bonchev–Trinajstić information content (AvgIpc) is 3.84. The molecule has 7 aromatic carbocycles. The van der Waals surface area contributed by atoms with Gasteiger partial charge in [0.25, 0.3) is 0 Å². The first-order valence-corrected chi connectivity index (χ1v) is 16.5. The fourth-order valence-electron chi connectivity index (χ4n) is 8.00. The molecule has 0 saturated heterocycles. The van der Waals surface area contributed by atoms with Crippen LogP contribution < -0.4 is 0 Å². The highest BCUT2D eigenvalue weighted by Crippen LogP contribution is 2.46. The minimum absolute atomic E-state index is 0.260. The maximum absolute atomic E-state index is 10.9. The van der Waals surface area contributed by atoms with Crippen LogP contribution in [0.25, 0.3) is 92.9 Å². The van der Waals surface area contributed by atoms with Crippen molar-refractivity contribution in [3.63, 3.8) is 0 Å². The van der Waals surface area contributed by atoms with Crippen molar-refractivity contribution in [2.45, 2.75) is 0 Å². The lowest BCUT2D eigenvalue weighted by Gasteiger charge is -2.21. The minimum atomic E-state index is 0.260. The first-order chi connectivity index (χ1) is 25.2. The van der Waals surface area contributed by atoms with Gasteiger partial charge in [-0.05, 0) is 48.0 Å². The molecule has 6 heteroatoms. The molecular formula is C45H23N5O. The van der Waals surface area contributed by atoms with Gasteiger partial charge in [-0.25, -0.2) is 4.85 Å². The maximum Gasteiger partial charge on any atom is 0.211 e. The van der Waals surface area contributed by atoms with Crippen molar-refractivity contribution in [1.82, 2.24) is 9.13 Å². The molecule has 0 spiro atoms. The van der Waals surface area contributed by atoms with Crippen molar-refractivity contribution in [2.75, 3.05) is 0 Å². The standard InChI is InChI=1S/C45H23N5O/c1-48-35-16-10-15-30(45(35)49-36-17-6-2-11-28(36)29-12-3-7-18-37(29)49)31-22-21-27(25-46)34(26-47)44(31)50-38-19-8-4-13-32(38)42-39(50)23-24-41-43(42)33-14-5-9-20-40(33)51-41/h2-24H. The Kier molecular flexibility index (Phi) is 5.97. The average molecular weight is 650 g/mol. The fourth-order valence-corrected chi connectivity index (χ4v) is 8.00. The summed E-state index contributed by atoms with van der Waals surface area (Å²) in [7, 11) is 0. The zero-order valence-corrected chi connectivity index (χ0v) is 26.9. The summed E-state index contributed by atoms with van der Waals surface area (Å²) >= 11 is 0. The molecule has 0 unspecified atom stereocenters. The summed E-state index contributed by atoms with van der Waals surface area (Å²) in [6, 6.07) is 50.7. The molecule has 3 aromatic heterocycles. The van der Waals surface area contributed by atoms with Gasteiger partial charge in [0.1, 0.15) is 23.3 Å². The Labute approximate surface area is 291 Å². The number of nitrogens with zero attached hydrogens (tertiary/aromatic N) is 5. The lowest BCUT2D eigenvalue weighted by molar-refractivity contribution is 0.669. The molecule has 0 amide bonds. The number of hydrogen-bond donors (Lipinski definition) is 0. The Morgan fingerprint density at radius 1 is 0.490 bits per heavy atom. The third-order valence-electron chi connectivity index (χ3n) is 10.0. The molecule has 0 fully saturated rings. The van der Waals surface area contributed by atoms with Gasteiger partial charge < -0.3 is 13.6 Å². The van der Waals surface area contributed by atoms with Crippen LogP contribution in [0.5, 0.6) is 0 Å². The molecule has 0 aliphatic rings. The van der Waals surface area contributed by atoms with Gasteiger partial charge >= 0.3 is 0 Å². The quantitative estimate of drug-likeness (QED) is 0.179. The Morgan fingerprint density at radius 3 is 1.78 bits per heavy atom. The summed E-state index contributed by atoms with van der Waals surface area (Å²) in [5.74, 6) is 0. The van der Waals surface area contributed by atoms with Gasteiger partial charge in [0.15, 0.2) is 0 Å². The zero-order chi connectivity index (χ0) is 34.2. The number of furan rings is 1. The van der Waals surface area contributed by atoms with E-state index in [0.717, 1.165) is 76.7 Å². The Hall–Kier alpha value is -7.59. The van der Waals surface area contributed by atoms with Crippen LogP contribution in [-0.2, 0) is 0 Å². The van der Waals surface area contributed by atoms with Crippen LogP contribution in [-0.4, -0.2) is 9.13 Å². The largest absolute Gasteiger partial charge is 0.456 e. The lowest BCUT2D eigenvalue weighted by atomic mass is 9.94. The topological polar surface area (TPSA) is 74.9 Å². The number of aromatic nitrogens is 2. The van der Waals surface area contributed by atoms with E-state index in [1.807, 2.05) is 91.0 Å². The molecule has 0 N–H and O–H groups in total. The molecule has 10 aromatic rings. The van der Waals surface area contributed by atoms with E-state index in [4.69, 9.17) is 11.0 Å². The molecule has 0 saturated carbocycles. The second kappa shape index (κ2) is 10.7. The van der Waals surface area contributed by atoms with Crippen LogP contribution in [0.3, 0.4) is 0 Å². The first kappa shape index (κ1) is 28.4. The number of rotatable bonds is 3. The third kappa shape index (κ3) is 3.83. The van der Waals surface area contributed by atoms with Crippen LogP contribution in [0.4, 0.5) is 5.69 Å². The van der Waals surface area contributed by atoms with Crippen molar-refractivity contribution < 1.29 is 4.42 Å². The molecule has 6 nitrogen and oxygen atoms in total. The second-order valence-electron chi connectivity index (χ2n) is 12.5. The smallest absolute Gasteiger partial charge is 0.211 e. The molecule has 3 heterocycles. The normalized spacial score (nSPS) is 11.5. The van der Waals surface area contributed by atoms with Crippen molar-refractivity contribution in [3.05, 3.63) is 162 Å². The van der Waals surface area contributed by atoms with E-state index < -0.39 is 0 Å². The van der Waals surface area contributed by atoms with Gasteiger partial charge in [-0.15, -0.1) is 0 Å². The molecule has 0 bridgehead atoms. The highest BCUT2D eigenvalue weighted by Gasteiger charge is 2.26. The van der Waals surface area contributed by atoms with Gasteiger partial charge in [0, 0.05) is 37.9 Å². The fraction of sp³-hybridized carbons (Fsp3) is 0. The Morgan fingerprint density at radius 2 is 1.10 bits per heavy atom. The predicted molar refractivity (Wildman–Crippen MR) is 204 cm³/mol. The van der Waals surface area contributed by atoms with Crippen LogP contribution in [0.1, 0.15) is 11.1 Å². The zero-order valence-electron chi connectivity index (χ0n) is 26.9. The van der Waals surface area contributed by atoms with Crippen LogP contribution >= 0.6 is 0 Å². The summed E-state index contributed by atoms with van der Waals surface area (Å²) in [5, 5.41) is 27.4. The highest BCUT2D eigenvalue weighted by molar-refractivity contribution is 6.27. The van der Waals surface area contributed by atoms with E-state index >= 15 is 0 Å². The van der Waals surface area contributed by atoms with E-state index in [1.165, 1.54) is 0 Å². The van der Waals surface area contributed by atoms with Gasteiger partial charge in [-0.2, -0.15) is 10.5 Å². The third-order valence-corrected chi connectivity index (χ3v) is 10.0. The number of nitriles is 2. The van der Waals surface area contributed by atoms with Crippen molar-refractivity contribution >= 4 is 71.2 Å². The van der Waals surface area contributed by atoms with Crippen LogP contribution in [0.2, 0.25) is 0 Å². The number of hydrogen-bond acceptors (Lipinski definition) is 3. The summed E-state index contributed by atoms with van der Waals surface area (Å²) in [5.41, 5.74) is 9.08. The van der Waals surface area contributed by atoms with Gasteiger partial charge in [0.2, 0.25) is 5.69 Å². The SMILES string of the molecule is [C-]#[N+]c1cccc(-c2ccc(C#N)c(C#N)c2-n2c3ccccc3c3c4c(ccc32)oc2ccccc24)c1-n1c2ccccc2c2ccccc21. The predicted octanol–water partition coefficient (Wildman–Crippen LogP) is 11.7. The first-order valence-electron chi connectivity index (χ1n) is 16.5. The molecule has 0 aliphatic carbocycles. The molecule has 51 heavy (non-hydrogen) atoms. The second-order valence-corrected chi connectivity index (χ2v) is 12.5. The van der Waals surface area contributed by atoms with E-state index in [0.29, 0.717) is 17.1 Å². The number of fused-ring (bicyclic) bond motifs is 10. The summed E-state index contributed by atoms with van der Waals surface area (Å²) in [6.45, 7) is 8.34. The summed E-state index contributed by atoms with van der Waals surface area (Å²) in [6.07, 6.45) is 0. The maximum atomic E-state index is 10.9. The molecular weight excluding hydrogens is 627 g/mol. The minimum Gasteiger partial charge on any atom is -0.456 e. The van der Waals surface area contributed by atoms with E-state index in [9.17, 15) is 10.5 Å². The van der Waals surface area contributed by atoms with Crippen LogP contribution in [0.15, 0.2) is 144 Å². The van der Waals surface area contributed by atoms with E-state index in [1.54, 1.807) is 6.07 Å². The number of para-hydroxylation sites is 5. The van der Waals surface area contributed by atoms with Gasteiger partial charge in [-0.1, -0.05) is 97.1 Å². The molecule has 0 radical (unpaired) electrons.